The Bertz CT molecular complexity index is 1340. The summed E-state index contributed by atoms with van der Waals surface area (Å²) in [6.45, 7) is 2.29. The van der Waals surface area contributed by atoms with Crippen LogP contribution in [0.2, 0.25) is 5.02 Å². The fraction of sp³-hybridized carbons (Fsp3) is 0.174. The predicted octanol–water partition coefficient (Wildman–Crippen LogP) is 4.02. The quantitative estimate of drug-likeness (QED) is 0.376. The molecule has 3 aromatic carbocycles. The fourth-order valence-electron chi connectivity index (χ4n) is 3.37. The lowest BCUT2D eigenvalue weighted by Crippen LogP contribution is -2.30. The molecule has 170 valence electrons. The highest BCUT2D eigenvalue weighted by Gasteiger charge is 2.27. The highest BCUT2D eigenvalue weighted by Crippen LogP contribution is 2.29. The summed E-state index contributed by atoms with van der Waals surface area (Å²) in [4.78, 5) is 0.0929. The van der Waals surface area contributed by atoms with Crippen molar-refractivity contribution < 1.29 is 13.2 Å². The van der Waals surface area contributed by atoms with Crippen LogP contribution in [-0.2, 0) is 23.1 Å². The highest BCUT2D eigenvalue weighted by atomic mass is 35.5. The number of halogens is 1. The molecule has 4 rings (SSSR count). The topological polar surface area (TPSA) is 90.2 Å². The summed E-state index contributed by atoms with van der Waals surface area (Å²) in [7, 11) is -2.44. The summed E-state index contributed by atoms with van der Waals surface area (Å²) < 4.78 is 35.8. The predicted molar refractivity (Wildman–Crippen MR) is 125 cm³/mol. The van der Waals surface area contributed by atoms with E-state index in [-0.39, 0.29) is 18.0 Å². The number of nitrogens with zero attached hydrogens (tertiary/aromatic N) is 5. The molecule has 1 heterocycles. The van der Waals surface area contributed by atoms with Crippen molar-refractivity contribution >= 4 is 21.6 Å². The van der Waals surface area contributed by atoms with Gasteiger partial charge >= 0.3 is 0 Å². The zero-order chi connectivity index (χ0) is 23.4. The second-order valence-electron chi connectivity index (χ2n) is 7.44. The molecule has 0 aliphatic heterocycles. The number of hydrogen-bond donors (Lipinski definition) is 0. The van der Waals surface area contributed by atoms with Crippen LogP contribution in [0.5, 0.6) is 5.75 Å². The van der Waals surface area contributed by atoms with E-state index >= 15 is 0 Å². The number of rotatable bonds is 8. The molecule has 0 unspecified atom stereocenters. The normalized spacial score (nSPS) is 11.6. The third kappa shape index (κ3) is 5.05. The Labute approximate surface area is 197 Å². The lowest BCUT2D eigenvalue weighted by Gasteiger charge is -2.23. The lowest BCUT2D eigenvalue weighted by molar-refractivity contribution is 0.397. The van der Waals surface area contributed by atoms with Crippen LogP contribution in [0, 0.1) is 6.92 Å². The molecule has 0 fully saturated rings. The van der Waals surface area contributed by atoms with E-state index in [9.17, 15) is 8.42 Å². The second-order valence-corrected chi connectivity index (χ2v) is 9.78. The maximum Gasteiger partial charge on any atom is 0.243 e. The Morgan fingerprint density at radius 3 is 2.45 bits per heavy atom. The smallest absolute Gasteiger partial charge is 0.243 e. The Kier molecular flexibility index (Phi) is 6.73. The molecule has 0 aliphatic rings. The molecule has 0 radical (unpaired) electrons. The van der Waals surface area contributed by atoms with Crippen LogP contribution in [0.4, 0.5) is 0 Å². The molecule has 1 aromatic heterocycles. The van der Waals surface area contributed by atoms with Gasteiger partial charge < -0.3 is 4.74 Å². The minimum Gasteiger partial charge on any atom is -0.494 e. The van der Waals surface area contributed by atoms with E-state index in [1.807, 2.05) is 49.4 Å². The largest absolute Gasteiger partial charge is 0.494 e. The SMILES string of the molecule is COc1cc(S(=O)(=O)N(Cc2ccc(C)cc2)Cc2ccccc2Cl)ccc1-n1cnnn1. The van der Waals surface area contributed by atoms with Gasteiger partial charge in [-0.15, -0.1) is 5.10 Å². The molecule has 0 saturated heterocycles. The van der Waals surface area contributed by atoms with E-state index in [1.54, 1.807) is 12.1 Å². The molecule has 33 heavy (non-hydrogen) atoms. The molecule has 0 atom stereocenters. The molecule has 0 saturated carbocycles. The van der Waals surface area contributed by atoms with Crippen molar-refractivity contribution in [2.75, 3.05) is 7.11 Å². The van der Waals surface area contributed by atoms with Crippen LogP contribution in [-0.4, -0.2) is 40.0 Å². The molecule has 0 amide bonds. The summed E-state index contributed by atoms with van der Waals surface area (Å²) in [5.41, 5.74) is 3.21. The summed E-state index contributed by atoms with van der Waals surface area (Å²) in [5, 5.41) is 11.6. The van der Waals surface area contributed by atoms with Crippen molar-refractivity contribution in [2.45, 2.75) is 24.9 Å². The van der Waals surface area contributed by atoms with Gasteiger partial charge in [-0.2, -0.15) is 8.99 Å². The molecule has 0 bridgehead atoms. The molecule has 0 N–H and O–H groups in total. The van der Waals surface area contributed by atoms with Gasteiger partial charge in [-0.1, -0.05) is 59.6 Å². The average molecular weight is 484 g/mol. The Balaban J connectivity index is 1.74. The molecule has 0 aliphatic carbocycles. The van der Waals surface area contributed by atoms with Gasteiger partial charge in [0, 0.05) is 24.2 Å². The van der Waals surface area contributed by atoms with Crippen LogP contribution < -0.4 is 4.74 Å². The van der Waals surface area contributed by atoms with Crippen molar-refractivity contribution in [3.8, 4) is 11.4 Å². The molecule has 8 nitrogen and oxygen atoms in total. The van der Waals surface area contributed by atoms with Crippen LogP contribution in [0.3, 0.4) is 0 Å². The zero-order valence-electron chi connectivity index (χ0n) is 18.1. The first-order chi connectivity index (χ1) is 15.9. The number of ether oxygens (including phenoxy) is 1. The molecule has 10 heteroatoms. The van der Waals surface area contributed by atoms with Crippen molar-refractivity contribution in [1.82, 2.24) is 24.5 Å². The first kappa shape index (κ1) is 22.9. The standard InChI is InChI=1S/C23H22ClN5O3S/c1-17-7-9-18(10-8-17)14-28(15-19-5-3-4-6-21(19)24)33(30,31)20-11-12-22(23(13-20)32-2)29-16-25-26-27-29/h3-13,16H,14-15H2,1-2H3. The third-order valence-electron chi connectivity index (χ3n) is 5.17. The van der Waals surface area contributed by atoms with Crippen molar-refractivity contribution in [3.05, 3.63) is 94.8 Å². The average Bonchev–Trinajstić information content (AvgIpc) is 3.35. The number of aryl methyl sites for hydroxylation is 1. The van der Waals surface area contributed by atoms with Gasteiger partial charge in [-0.3, -0.25) is 0 Å². The van der Waals surface area contributed by atoms with Crippen molar-refractivity contribution in [2.24, 2.45) is 0 Å². The minimum absolute atomic E-state index is 0.0929. The maximum absolute atomic E-state index is 13.8. The van der Waals surface area contributed by atoms with Gasteiger partial charge in [0.15, 0.2) is 0 Å². The van der Waals surface area contributed by atoms with Gasteiger partial charge in [-0.25, -0.2) is 8.42 Å². The number of methoxy groups -OCH3 is 1. The summed E-state index contributed by atoms with van der Waals surface area (Å²) in [5.74, 6) is 0.330. The molecular weight excluding hydrogens is 462 g/mol. The van der Waals surface area contributed by atoms with E-state index in [4.69, 9.17) is 16.3 Å². The van der Waals surface area contributed by atoms with Crippen LogP contribution in [0.25, 0.3) is 5.69 Å². The van der Waals surface area contributed by atoms with E-state index < -0.39 is 10.0 Å². The lowest BCUT2D eigenvalue weighted by atomic mass is 10.1. The molecule has 4 aromatic rings. The summed E-state index contributed by atoms with van der Waals surface area (Å²) >= 11 is 6.35. The third-order valence-corrected chi connectivity index (χ3v) is 7.33. The Morgan fingerprint density at radius 2 is 1.79 bits per heavy atom. The van der Waals surface area contributed by atoms with E-state index in [1.165, 1.54) is 34.6 Å². The van der Waals surface area contributed by atoms with Gasteiger partial charge in [-0.05, 0) is 46.7 Å². The van der Waals surface area contributed by atoms with E-state index in [0.29, 0.717) is 22.0 Å². The number of benzene rings is 3. The molecular formula is C23H22ClN5O3S. The minimum atomic E-state index is -3.91. The van der Waals surface area contributed by atoms with Crippen molar-refractivity contribution in [3.63, 3.8) is 0 Å². The summed E-state index contributed by atoms with van der Waals surface area (Å²) in [6, 6.07) is 19.6. The number of aromatic nitrogens is 4. The van der Waals surface area contributed by atoms with E-state index in [0.717, 1.165) is 11.1 Å². The monoisotopic (exact) mass is 483 g/mol. The van der Waals surface area contributed by atoms with Crippen LogP contribution in [0.15, 0.2) is 78.0 Å². The number of sulfonamides is 1. The van der Waals surface area contributed by atoms with E-state index in [2.05, 4.69) is 15.5 Å². The van der Waals surface area contributed by atoms with Crippen molar-refractivity contribution in [1.29, 1.82) is 0 Å². The van der Waals surface area contributed by atoms with Crippen LogP contribution >= 0.6 is 11.6 Å². The van der Waals surface area contributed by atoms with Gasteiger partial charge in [0.25, 0.3) is 0 Å². The van der Waals surface area contributed by atoms with Crippen LogP contribution in [0.1, 0.15) is 16.7 Å². The zero-order valence-corrected chi connectivity index (χ0v) is 19.7. The van der Waals surface area contributed by atoms with Gasteiger partial charge in [0.2, 0.25) is 10.0 Å². The Hall–Kier alpha value is -3.27. The highest BCUT2D eigenvalue weighted by molar-refractivity contribution is 7.89. The first-order valence-corrected chi connectivity index (χ1v) is 11.9. The summed E-state index contributed by atoms with van der Waals surface area (Å²) in [6.07, 6.45) is 1.41. The second kappa shape index (κ2) is 9.70. The number of hydrogen-bond acceptors (Lipinski definition) is 6. The fourth-order valence-corrected chi connectivity index (χ4v) is 4.99. The van der Waals surface area contributed by atoms with Gasteiger partial charge in [0.1, 0.15) is 17.8 Å². The number of tetrazole rings is 1. The molecule has 0 spiro atoms. The first-order valence-electron chi connectivity index (χ1n) is 10.1. The van der Waals surface area contributed by atoms with Gasteiger partial charge in [0.05, 0.1) is 12.0 Å². The maximum atomic E-state index is 13.8. The Morgan fingerprint density at radius 1 is 1.03 bits per heavy atom.